The molecule has 0 radical (unpaired) electrons. The van der Waals surface area contributed by atoms with E-state index in [-0.39, 0.29) is 5.78 Å². The van der Waals surface area contributed by atoms with Gasteiger partial charge in [0, 0.05) is 5.56 Å². The number of benzene rings is 1. The molecule has 0 aliphatic heterocycles. The Labute approximate surface area is 94.9 Å². The van der Waals surface area contributed by atoms with E-state index in [1.54, 1.807) is 12.3 Å². The maximum Gasteiger partial charge on any atom is 0.170 e. The van der Waals surface area contributed by atoms with Crippen molar-refractivity contribution in [1.29, 1.82) is 0 Å². The Hall–Kier alpha value is -1.83. The van der Waals surface area contributed by atoms with Gasteiger partial charge in [0.25, 0.3) is 0 Å². The highest BCUT2D eigenvalue weighted by Gasteiger charge is 2.11. The maximum absolute atomic E-state index is 12.0. The number of carbonyl (C=O) groups is 1. The third-order valence-electron chi connectivity index (χ3n) is 2.82. The van der Waals surface area contributed by atoms with Gasteiger partial charge in [-0.05, 0) is 37.1 Å². The normalized spacial score (nSPS) is 10.4. The van der Waals surface area contributed by atoms with E-state index in [1.807, 2.05) is 38.1 Å². The number of hydrogen-bond donors (Lipinski definition) is 0. The maximum atomic E-state index is 12.0. The lowest BCUT2D eigenvalue weighted by molar-refractivity contribution is 0.0986. The number of rotatable bonds is 3. The molecule has 0 N–H and O–H groups in total. The summed E-state index contributed by atoms with van der Waals surface area (Å²) in [4.78, 5) is 12.0. The van der Waals surface area contributed by atoms with Gasteiger partial charge < -0.3 is 4.42 Å². The first kappa shape index (κ1) is 10.7. The summed E-state index contributed by atoms with van der Waals surface area (Å²) in [5.74, 6) is 0.821. The molecule has 0 unspecified atom stereocenters. The van der Waals surface area contributed by atoms with Crippen molar-refractivity contribution in [2.45, 2.75) is 20.3 Å². The summed E-state index contributed by atoms with van der Waals surface area (Å²) in [5, 5.41) is 0. The van der Waals surface area contributed by atoms with Gasteiger partial charge in [-0.3, -0.25) is 4.79 Å². The second kappa shape index (κ2) is 4.35. The fourth-order valence-electron chi connectivity index (χ4n) is 1.72. The Morgan fingerprint density at radius 1 is 1.19 bits per heavy atom. The van der Waals surface area contributed by atoms with E-state index in [0.29, 0.717) is 12.2 Å². The molecule has 2 heteroatoms. The molecule has 16 heavy (non-hydrogen) atoms. The summed E-state index contributed by atoms with van der Waals surface area (Å²) in [7, 11) is 0. The molecule has 2 aromatic rings. The van der Waals surface area contributed by atoms with Gasteiger partial charge in [-0.15, -0.1) is 0 Å². The molecule has 0 amide bonds. The minimum Gasteiger partial charge on any atom is -0.469 e. The van der Waals surface area contributed by atoms with E-state index in [1.165, 1.54) is 0 Å². The number of hydrogen-bond acceptors (Lipinski definition) is 2. The molecule has 0 aliphatic carbocycles. The molecule has 2 nitrogen and oxygen atoms in total. The molecule has 1 heterocycles. The quantitative estimate of drug-likeness (QED) is 0.734. The van der Waals surface area contributed by atoms with Crippen LogP contribution in [0.2, 0.25) is 0 Å². The van der Waals surface area contributed by atoms with E-state index < -0.39 is 0 Å². The van der Waals surface area contributed by atoms with Crippen LogP contribution in [0, 0.1) is 13.8 Å². The van der Waals surface area contributed by atoms with Crippen LogP contribution >= 0.6 is 0 Å². The molecule has 1 aromatic carbocycles. The largest absolute Gasteiger partial charge is 0.469 e. The minimum absolute atomic E-state index is 0.108. The second-order valence-electron chi connectivity index (χ2n) is 3.93. The van der Waals surface area contributed by atoms with Crippen LogP contribution in [0.15, 0.2) is 41.0 Å². The standard InChI is InChI=1S/C14H14O2/c1-10-5-3-7-13(11(10)2)14(15)9-12-6-4-8-16-12/h3-8H,9H2,1-2H3. The Morgan fingerprint density at radius 2 is 2.00 bits per heavy atom. The van der Waals surface area contributed by atoms with Gasteiger partial charge in [0.05, 0.1) is 12.7 Å². The molecule has 0 saturated carbocycles. The van der Waals surface area contributed by atoms with Crippen LogP contribution < -0.4 is 0 Å². The molecule has 0 aliphatic rings. The first-order valence-electron chi connectivity index (χ1n) is 5.30. The van der Waals surface area contributed by atoms with Crippen molar-refractivity contribution in [3.05, 3.63) is 59.0 Å². The monoisotopic (exact) mass is 214 g/mol. The molecule has 2 rings (SSSR count). The topological polar surface area (TPSA) is 30.2 Å². The van der Waals surface area contributed by atoms with Crippen molar-refractivity contribution in [3.8, 4) is 0 Å². The summed E-state index contributed by atoms with van der Waals surface area (Å²) in [6, 6.07) is 9.42. The van der Waals surface area contributed by atoms with Crippen LogP contribution in [0.1, 0.15) is 27.2 Å². The zero-order valence-corrected chi connectivity index (χ0v) is 9.49. The van der Waals surface area contributed by atoms with E-state index in [0.717, 1.165) is 16.7 Å². The van der Waals surface area contributed by atoms with Crippen LogP contribution in [-0.2, 0) is 6.42 Å². The fourth-order valence-corrected chi connectivity index (χ4v) is 1.72. The molecule has 1 aromatic heterocycles. The highest BCUT2D eigenvalue weighted by atomic mass is 16.3. The predicted molar refractivity (Wildman–Crippen MR) is 62.7 cm³/mol. The zero-order chi connectivity index (χ0) is 11.5. The number of aryl methyl sites for hydroxylation is 1. The number of ketones is 1. The Kier molecular flexibility index (Phi) is 2.91. The third kappa shape index (κ3) is 2.06. The lowest BCUT2D eigenvalue weighted by atomic mass is 9.98. The van der Waals surface area contributed by atoms with Crippen LogP contribution in [0.25, 0.3) is 0 Å². The number of Topliss-reactive ketones (excluding diaryl/α,β-unsaturated/α-hetero) is 1. The van der Waals surface area contributed by atoms with Crippen molar-refractivity contribution in [3.63, 3.8) is 0 Å². The lowest BCUT2D eigenvalue weighted by Crippen LogP contribution is -2.05. The fraction of sp³-hybridized carbons (Fsp3) is 0.214. The van der Waals surface area contributed by atoms with Crippen LogP contribution in [0.3, 0.4) is 0 Å². The van der Waals surface area contributed by atoms with Crippen molar-refractivity contribution in [1.82, 2.24) is 0 Å². The summed E-state index contributed by atoms with van der Waals surface area (Å²) >= 11 is 0. The molecular formula is C14H14O2. The SMILES string of the molecule is Cc1cccc(C(=O)Cc2ccco2)c1C. The Balaban J connectivity index is 2.24. The van der Waals surface area contributed by atoms with E-state index in [2.05, 4.69) is 0 Å². The van der Waals surface area contributed by atoms with Gasteiger partial charge >= 0.3 is 0 Å². The third-order valence-corrected chi connectivity index (χ3v) is 2.82. The first-order chi connectivity index (χ1) is 7.68. The zero-order valence-electron chi connectivity index (χ0n) is 9.49. The van der Waals surface area contributed by atoms with Crippen molar-refractivity contribution < 1.29 is 9.21 Å². The Bertz CT molecular complexity index is 495. The van der Waals surface area contributed by atoms with Gasteiger partial charge in [-0.1, -0.05) is 18.2 Å². The van der Waals surface area contributed by atoms with Crippen molar-refractivity contribution >= 4 is 5.78 Å². The van der Waals surface area contributed by atoms with Crippen LogP contribution in [0.4, 0.5) is 0 Å². The number of furan rings is 1. The van der Waals surface area contributed by atoms with Gasteiger partial charge in [0.1, 0.15) is 5.76 Å². The average molecular weight is 214 g/mol. The number of carbonyl (C=O) groups excluding carboxylic acids is 1. The van der Waals surface area contributed by atoms with Gasteiger partial charge in [-0.2, -0.15) is 0 Å². The summed E-state index contributed by atoms with van der Waals surface area (Å²) < 4.78 is 5.17. The molecule has 82 valence electrons. The van der Waals surface area contributed by atoms with Crippen molar-refractivity contribution in [2.75, 3.05) is 0 Å². The molecule has 0 atom stereocenters. The molecule has 0 saturated heterocycles. The van der Waals surface area contributed by atoms with E-state index in [9.17, 15) is 4.79 Å². The summed E-state index contributed by atoms with van der Waals surface area (Å²) in [5.41, 5.74) is 2.99. The van der Waals surface area contributed by atoms with Crippen molar-refractivity contribution in [2.24, 2.45) is 0 Å². The van der Waals surface area contributed by atoms with Crippen LogP contribution in [0.5, 0.6) is 0 Å². The molecule has 0 spiro atoms. The second-order valence-corrected chi connectivity index (χ2v) is 3.93. The predicted octanol–water partition coefficient (Wildman–Crippen LogP) is 3.32. The summed E-state index contributed by atoms with van der Waals surface area (Å²) in [6.07, 6.45) is 1.92. The highest BCUT2D eigenvalue weighted by Crippen LogP contribution is 2.15. The van der Waals surface area contributed by atoms with Crippen LogP contribution in [-0.4, -0.2) is 5.78 Å². The minimum atomic E-state index is 0.108. The Morgan fingerprint density at radius 3 is 2.69 bits per heavy atom. The highest BCUT2D eigenvalue weighted by molar-refractivity contribution is 5.98. The molecule has 0 fully saturated rings. The summed E-state index contributed by atoms with van der Waals surface area (Å²) in [6.45, 7) is 3.99. The van der Waals surface area contributed by atoms with E-state index >= 15 is 0 Å². The van der Waals surface area contributed by atoms with E-state index in [4.69, 9.17) is 4.42 Å². The lowest BCUT2D eigenvalue weighted by Gasteiger charge is -2.06. The molecule has 0 bridgehead atoms. The molecular weight excluding hydrogens is 200 g/mol. The average Bonchev–Trinajstić information content (AvgIpc) is 2.74. The van der Waals surface area contributed by atoms with Gasteiger partial charge in [0.15, 0.2) is 5.78 Å². The smallest absolute Gasteiger partial charge is 0.170 e. The van der Waals surface area contributed by atoms with Gasteiger partial charge in [-0.25, -0.2) is 0 Å². The van der Waals surface area contributed by atoms with Gasteiger partial charge in [0.2, 0.25) is 0 Å². The first-order valence-corrected chi connectivity index (χ1v) is 5.30.